The van der Waals surface area contributed by atoms with Crippen LogP contribution in [0.5, 0.6) is 0 Å². The molecule has 0 radical (unpaired) electrons. The van der Waals surface area contributed by atoms with Crippen molar-refractivity contribution in [3.05, 3.63) is 35.6 Å². The van der Waals surface area contributed by atoms with E-state index in [9.17, 15) is 34.8 Å². The van der Waals surface area contributed by atoms with Gasteiger partial charge in [-0.05, 0) is 38.2 Å². The Hall–Kier alpha value is -2.33. The number of hydrogen-bond acceptors (Lipinski definition) is 9. The van der Waals surface area contributed by atoms with E-state index in [4.69, 9.17) is 9.47 Å². The lowest BCUT2D eigenvalue weighted by atomic mass is 9.70. The number of rotatable bonds is 5. The van der Waals surface area contributed by atoms with Crippen molar-refractivity contribution in [1.29, 1.82) is 0 Å². The smallest absolute Gasteiger partial charge is 0.308 e. The molecule has 0 spiro atoms. The van der Waals surface area contributed by atoms with Crippen LogP contribution in [-0.4, -0.2) is 68.2 Å². The minimum absolute atomic E-state index is 0.0241. The minimum Gasteiger partial charge on any atom is -0.461 e. The molecule has 5 atom stereocenters. The van der Waals surface area contributed by atoms with Crippen molar-refractivity contribution >= 4 is 18.0 Å². The minimum atomic E-state index is -2.44. The molecule has 0 bridgehead atoms. The Morgan fingerprint density at radius 2 is 2.08 bits per heavy atom. The summed E-state index contributed by atoms with van der Waals surface area (Å²) in [6.45, 7) is 2.36. The van der Waals surface area contributed by atoms with Gasteiger partial charge in [-0.1, -0.05) is 0 Å². The molecule has 0 aromatic carbocycles. The number of allylic oxidation sites excluding steroid dienone is 2. The van der Waals surface area contributed by atoms with Crippen LogP contribution in [0.3, 0.4) is 0 Å². The molecule has 0 saturated carbocycles. The maximum absolute atomic E-state index is 12.3. The Kier molecular flexibility index (Phi) is 5.47. The number of ether oxygens (including phenoxy) is 2. The molecule has 0 unspecified atom stereocenters. The second kappa shape index (κ2) is 7.12. The summed E-state index contributed by atoms with van der Waals surface area (Å²) in [5, 5.41) is 41.0. The number of aliphatic hydroxyl groups excluding tert-OH is 2. The fraction of sp³-hybridized carbons (Fsp3) is 0.471. The topological polar surface area (TPSA) is 151 Å². The molecule has 0 fully saturated rings. The number of aliphatic hydroxyl groups is 4. The summed E-state index contributed by atoms with van der Waals surface area (Å²) in [5.41, 5.74) is -4.95. The Labute approximate surface area is 148 Å². The quantitative estimate of drug-likeness (QED) is 0.262. The highest BCUT2D eigenvalue weighted by Gasteiger charge is 2.63. The normalized spacial score (nSPS) is 35.1. The molecule has 1 aliphatic carbocycles. The SMILES string of the molecule is C[C@@H](O)CC(=O)O[C@@H]1[C@@]2(O)C(=CC(=O)[C@@]1(C)O)C=C(/C=C/C=O)O[C@H]2O. The highest BCUT2D eigenvalue weighted by Crippen LogP contribution is 2.43. The molecule has 142 valence electrons. The number of ketones is 1. The second-order valence-corrected chi connectivity index (χ2v) is 6.37. The van der Waals surface area contributed by atoms with Crippen LogP contribution in [0.1, 0.15) is 20.3 Å². The van der Waals surface area contributed by atoms with Gasteiger partial charge in [-0.25, -0.2) is 0 Å². The summed E-state index contributed by atoms with van der Waals surface area (Å²) in [6, 6.07) is 0. The van der Waals surface area contributed by atoms with E-state index in [1.54, 1.807) is 0 Å². The van der Waals surface area contributed by atoms with Crippen molar-refractivity contribution in [2.24, 2.45) is 0 Å². The average Bonchev–Trinajstić information content (AvgIpc) is 2.53. The molecule has 26 heavy (non-hydrogen) atoms. The van der Waals surface area contributed by atoms with Gasteiger partial charge in [-0.3, -0.25) is 14.4 Å². The van der Waals surface area contributed by atoms with Gasteiger partial charge in [0.25, 0.3) is 0 Å². The number of fused-ring (bicyclic) bond motifs is 1. The second-order valence-electron chi connectivity index (χ2n) is 6.37. The van der Waals surface area contributed by atoms with E-state index in [2.05, 4.69) is 0 Å². The van der Waals surface area contributed by atoms with Crippen LogP contribution in [0.15, 0.2) is 35.6 Å². The van der Waals surface area contributed by atoms with Crippen LogP contribution in [0.2, 0.25) is 0 Å². The fourth-order valence-electron chi connectivity index (χ4n) is 2.79. The lowest BCUT2D eigenvalue weighted by molar-refractivity contribution is -0.255. The van der Waals surface area contributed by atoms with Crippen molar-refractivity contribution in [2.45, 2.75) is 50.0 Å². The Morgan fingerprint density at radius 1 is 1.42 bits per heavy atom. The molecule has 2 rings (SSSR count). The first-order chi connectivity index (χ1) is 12.0. The maximum atomic E-state index is 12.3. The largest absolute Gasteiger partial charge is 0.461 e. The van der Waals surface area contributed by atoms with E-state index in [0.29, 0.717) is 6.29 Å². The van der Waals surface area contributed by atoms with Crippen LogP contribution in [0.4, 0.5) is 0 Å². The summed E-state index contributed by atoms with van der Waals surface area (Å²) < 4.78 is 10.1. The summed E-state index contributed by atoms with van der Waals surface area (Å²) >= 11 is 0. The molecule has 1 aliphatic heterocycles. The van der Waals surface area contributed by atoms with E-state index in [-0.39, 0.29) is 11.3 Å². The van der Waals surface area contributed by atoms with Crippen LogP contribution < -0.4 is 0 Å². The monoisotopic (exact) mass is 368 g/mol. The summed E-state index contributed by atoms with van der Waals surface area (Å²) in [5.74, 6) is -1.88. The van der Waals surface area contributed by atoms with E-state index < -0.39 is 47.9 Å². The number of carbonyl (C=O) groups excluding carboxylic acids is 3. The Balaban J connectivity index is 2.49. The van der Waals surface area contributed by atoms with Gasteiger partial charge in [-0.2, -0.15) is 0 Å². The van der Waals surface area contributed by atoms with Crippen LogP contribution in [0, 0.1) is 0 Å². The van der Waals surface area contributed by atoms with Crippen LogP contribution in [0.25, 0.3) is 0 Å². The van der Waals surface area contributed by atoms with Gasteiger partial charge in [0.1, 0.15) is 12.0 Å². The number of hydrogen-bond donors (Lipinski definition) is 4. The molecular weight excluding hydrogens is 348 g/mol. The average molecular weight is 368 g/mol. The molecule has 0 amide bonds. The van der Waals surface area contributed by atoms with E-state index >= 15 is 0 Å². The van der Waals surface area contributed by atoms with Crippen molar-refractivity contribution < 1.29 is 44.3 Å². The lowest BCUT2D eigenvalue weighted by Crippen LogP contribution is -2.69. The molecule has 1 heterocycles. The fourth-order valence-corrected chi connectivity index (χ4v) is 2.79. The molecule has 0 aromatic heterocycles. The number of carbonyl (C=O) groups is 3. The molecule has 0 aromatic rings. The van der Waals surface area contributed by atoms with Gasteiger partial charge in [0.2, 0.25) is 6.29 Å². The zero-order valence-corrected chi connectivity index (χ0v) is 14.2. The molecule has 9 heteroatoms. The van der Waals surface area contributed by atoms with Gasteiger partial charge in [0.05, 0.1) is 12.5 Å². The van der Waals surface area contributed by atoms with Crippen LogP contribution in [-0.2, 0) is 23.9 Å². The van der Waals surface area contributed by atoms with Crippen molar-refractivity contribution in [3.63, 3.8) is 0 Å². The molecule has 4 N–H and O–H groups in total. The number of aldehydes is 1. The first-order valence-electron chi connectivity index (χ1n) is 7.80. The number of esters is 1. The van der Waals surface area contributed by atoms with E-state index in [1.807, 2.05) is 0 Å². The first kappa shape index (κ1) is 20.0. The Bertz CT molecular complexity index is 701. The standard InChI is InChI=1S/C17H20O9/c1-9(19)6-13(21)26-14-16(2,23)12(20)8-10-7-11(4-3-5-18)25-15(22)17(10,14)24/h3-5,7-9,14-15,19,22-24H,6H2,1-2H3/b4-3+/t9-,14+,15-,16-,17+/m1/s1. The lowest BCUT2D eigenvalue weighted by Gasteiger charge is -2.48. The molecule has 0 saturated heterocycles. The first-order valence-corrected chi connectivity index (χ1v) is 7.80. The molecular formula is C17H20O9. The molecule has 2 aliphatic rings. The van der Waals surface area contributed by atoms with Crippen molar-refractivity contribution in [2.75, 3.05) is 0 Å². The third kappa shape index (κ3) is 3.47. The summed E-state index contributed by atoms with van der Waals surface area (Å²) in [6.07, 6.45) is -0.588. The van der Waals surface area contributed by atoms with Crippen molar-refractivity contribution in [1.82, 2.24) is 0 Å². The highest BCUT2D eigenvalue weighted by molar-refractivity contribution is 6.00. The van der Waals surface area contributed by atoms with Gasteiger partial charge >= 0.3 is 5.97 Å². The predicted molar refractivity (Wildman–Crippen MR) is 85.2 cm³/mol. The van der Waals surface area contributed by atoms with E-state index in [0.717, 1.165) is 19.1 Å². The third-order valence-electron chi connectivity index (χ3n) is 4.13. The van der Waals surface area contributed by atoms with Crippen LogP contribution >= 0.6 is 0 Å². The third-order valence-corrected chi connectivity index (χ3v) is 4.13. The van der Waals surface area contributed by atoms with E-state index in [1.165, 1.54) is 19.1 Å². The highest BCUT2D eigenvalue weighted by atomic mass is 16.6. The molecule has 9 nitrogen and oxygen atoms in total. The van der Waals surface area contributed by atoms with Gasteiger partial charge in [-0.15, -0.1) is 0 Å². The zero-order chi connectivity index (χ0) is 19.7. The maximum Gasteiger partial charge on any atom is 0.308 e. The van der Waals surface area contributed by atoms with Gasteiger partial charge < -0.3 is 29.9 Å². The van der Waals surface area contributed by atoms with Crippen molar-refractivity contribution in [3.8, 4) is 0 Å². The van der Waals surface area contributed by atoms with Gasteiger partial charge in [0.15, 0.2) is 23.1 Å². The summed E-state index contributed by atoms with van der Waals surface area (Å²) in [4.78, 5) is 34.6. The summed E-state index contributed by atoms with van der Waals surface area (Å²) in [7, 11) is 0. The van der Waals surface area contributed by atoms with Gasteiger partial charge in [0, 0.05) is 5.57 Å². The predicted octanol–water partition coefficient (Wildman–Crippen LogP) is -1.35. The Morgan fingerprint density at radius 3 is 2.65 bits per heavy atom. The zero-order valence-electron chi connectivity index (χ0n) is 14.2.